The van der Waals surface area contributed by atoms with Gasteiger partial charge >= 0.3 is 0 Å². The maximum absolute atomic E-state index is 13.0. The monoisotopic (exact) mass is 377 g/mol. The second kappa shape index (κ2) is 7.43. The van der Waals surface area contributed by atoms with Crippen molar-refractivity contribution in [1.29, 1.82) is 0 Å². The van der Waals surface area contributed by atoms with Gasteiger partial charge in [-0.1, -0.05) is 6.07 Å². The van der Waals surface area contributed by atoms with Crippen LogP contribution in [0.3, 0.4) is 0 Å². The lowest BCUT2D eigenvalue weighted by molar-refractivity contribution is 0.0939. The van der Waals surface area contributed by atoms with E-state index in [1.165, 1.54) is 36.4 Å². The number of hydrogen-bond donors (Lipinski definition) is 3. The number of carbonyl (C=O) groups excluding carboxylic acids is 1. The van der Waals surface area contributed by atoms with Crippen molar-refractivity contribution >= 4 is 21.6 Å². The van der Waals surface area contributed by atoms with E-state index >= 15 is 0 Å². The Bertz CT molecular complexity index is 908. The summed E-state index contributed by atoms with van der Waals surface area (Å²) in [7, 11) is -3.89. The molecular weight excluding hydrogens is 357 g/mol. The van der Waals surface area contributed by atoms with Crippen LogP contribution in [0.15, 0.2) is 47.4 Å². The van der Waals surface area contributed by atoms with E-state index in [1.807, 2.05) is 0 Å². The number of nitrogens with one attached hydrogen (secondary N) is 3. The zero-order valence-electron chi connectivity index (χ0n) is 14.3. The van der Waals surface area contributed by atoms with Gasteiger partial charge in [0.15, 0.2) is 0 Å². The first-order valence-corrected chi connectivity index (χ1v) is 9.74. The minimum atomic E-state index is -3.89. The van der Waals surface area contributed by atoms with Gasteiger partial charge in [0, 0.05) is 23.8 Å². The van der Waals surface area contributed by atoms with Crippen molar-refractivity contribution in [3.63, 3.8) is 0 Å². The molecule has 1 saturated heterocycles. The van der Waals surface area contributed by atoms with Crippen LogP contribution in [0.1, 0.15) is 22.3 Å². The number of anilines is 1. The molecule has 8 heteroatoms. The number of hydrogen-bond acceptors (Lipinski definition) is 4. The van der Waals surface area contributed by atoms with Gasteiger partial charge in [-0.05, 0) is 61.9 Å². The van der Waals surface area contributed by atoms with E-state index in [-0.39, 0.29) is 22.5 Å². The summed E-state index contributed by atoms with van der Waals surface area (Å²) >= 11 is 0. The molecule has 3 rings (SSSR count). The molecule has 1 fully saturated rings. The normalized spacial score (nSPS) is 17.1. The Hall–Kier alpha value is -2.45. The topological polar surface area (TPSA) is 87.3 Å². The molecule has 1 aliphatic rings. The molecule has 2 aromatic rings. The predicted octanol–water partition coefficient (Wildman–Crippen LogP) is 2.03. The SMILES string of the molecule is Cc1ccc(S(=O)(=O)Nc2ccc(F)cc2)cc1C(=O)NC1CCNC1. The minimum Gasteiger partial charge on any atom is -0.348 e. The van der Waals surface area contributed by atoms with Crippen molar-refractivity contribution < 1.29 is 17.6 Å². The average Bonchev–Trinajstić information content (AvgIpc) is 3.10. The number of sulfonamides is 1. The highest BCUT2D eigenvalue weighted by Gasteiger charge is 2.21. The molecule has 1 unspecified atom stereocenters. The van der Waals surface area contributed by atoms with Gasteiger partial charge in [-0.2, -0.15) is 0 Å². The number of carbonyl (C=O) groups is 1. The minimum absolute atomic E-state index is 0.0258. The number of amides is 1. The average molecular weight is 377 g/mol. The van der Waals surface area contributed by atoms with E-state index in [1.54, 1.807) is 13.0 Å². The van der Waals surface area contributed by atoms with Crippen LogP contribution >= 0.6 is 0 Å². The molecule has 0 radical (unpaired) electrons. The van der Waals surface area contributed by atoms with Crippen molar-refractivity contribution in [2.45, 2.75) is 24.3 Å². The summed E-state index contributed by atoms with van der Waals surface area (Å²) in [4.78, 5) is 12.5. The molecule has 1 atom stereocenters. The third-order valence-corrected chi connectivity index (χ3v) is 5.63. The Balaban J connectivity index is 1.83. The molecule has 6 nitrogen and oxygen atoms in total. The number of aryl methyl sites for hydroxylation is 1. The van der Waals surface area contributed by atoms with Crippen LogP contribution in [-0.4, -0.2) is 33.5 Å². The first kappa shape index (κ1) is 18.3. The summed E-state index contributed by atoms with van der Waals surface area (Å²) in [6, 6.07) is 9.45. The molecule has 0 saturated carbocycles. The molecule has 1 heterocycles. The molecule has 0 spiro atoms. The van der Waals surface area contributed by atoms with Crippen LogP contribution in [0.5, 0.6) is 0 Å². The lowest BCUT2D eigenvalue weighted by Gasteiger charge is -2.14. The summed E-state index contributed by atoms with van der Waals surface area (Å²) in [5.74, 6) is -0.751. The largest absolute Gasteiger partial charge is 0.348 e. The first-order chi connectivity index (χ1) is 12.3. The summed E-state index contributed by atoms with van der Waals surface area (Å²) in [5.41, 5.74) is 1.25. The molecule has 0 bridgehead atoms. The van der Waals surface area contributed by atoms with Crippen LogP contribution < -0.4 is 15.4 Å². The molecule has 3 N–H and O–H groups in total. The van der Waals surface area contributed by atoms with Gasteiger partial charge in [-0.15, -0.1) is 0 Å². The summed E-state index contributed by atoms with van der Waals surface area (Å²) in [5, 5.41) is 6.08. The molecule has 26 heavy (non-hydrogen) atoms. The predicted molar refractivity (Wildman–Crippen MR) is 97.1 cm³/mol. The molecule has 1 aliphatic heterocycles. The Morgan fingerprint density at radius 1 is 1.19 bits per heavy atom. The van der Waals surface area contributed by atoms with Gasteiger partial charge in [-0.3, -0.25) is 9.52 Å². The second-order valence-electron chi connectivity index (χ2n) is 6.25. The van der Waals surface area contributed by atoms with Crippen LogP contribution in [0.25, 0.3) is 0 Å². The molecule has 2 aromatic carbocycles. The van der Waals surface area contributed by atoms with Gasteiger partial charge in [0.1, 0.15) is 5.82 Å². The lowest BCUT2D eigenvalue weighted by atomic mass is 10.1. The maximum atomic E-state index is 13.0. The van der Waals surface area contributed by atoms with Crippen LogP contribution in [0, 0.1) is 12.7 Å². The van der Waals surface area contributed by atoms with E-state index < -0.39 is 15.8 Å². The van der Waals surface area contributed by atoms with Gasteiger partial charge in [0.05, 0.1) is 4.90 Å². The van der Waals surface area contributed by atoms with Gasteiger partial charge in [0.2, 0.25) is 0 Å². The highest BCUT2D eigenvalue weighted by Crippen LogP contribution is 2.20. The molecule has 0 aliphatic carbocycles. The fourth-order valence-electron chi connectivity index (χ4n) is 2.79. The van der Waals surface area contributed by atoms with Crippen LogP contribution in [0.4, 0.5) is 10.1 Å². The fourth-order valence-corrected chi connectivity index (χ4v) is 3.87. The van der Waals surface area contributed by atoms with Gasteiger partial charge in [0.25, 0.3) is 15.9 Å². The van der Waals surface area contributed by atoms with E-state index in [9.17, 15) is 17.6 Å². The van der Waals surface area contributed by atoms with E-state index in [0.717, 1.165) is 13.0 Å². The van der Waals surface area contributed by atoms with Crippen LogP contribution in [-0.2, 0) is 10.0 Å². The number of rotatable bonds is 5. The fraction of sp³-hybridized carbons (Fsp3) is 0.278. The number of halogens is 1. The molecular formula is C18H20FN3O3S. The summed E-state index contributed by atoms with van der Waals surface area (Å²) < 4.78 is 40.5. The quantitative estimate of drug-likeness (QED) is 0.744. The van der Waals surface area contributed by atoms with Gasteiger partial charge < -0.3 is 10.6 Å². The van der Waals surface area contributed by atoms with Crippen molar-refractivity contribution in [2.75, 3.05) is 17.8 Å². The Morgan fingerprint density at radius 3 is 2.58 bits per heavy atom. The summed E-state index contributed by atoms with van der Waals surface area (Å²) in [6.45, 7) is 3.31. The third-order valence-electron chi connectivity index (χ3n) is 4.26. The highest BCUT2D eigenvalue weighted by atomic mass is 32.2. The molecule has 138 valence electrons. The molecule has 0 aromatic heterocycles. The third kappa shape index (κ3) is 4.20. The van der Waals surface area contributed by atoms with Crippen molar-refractivity contribution in [3.8, 4) is 0 Å². The summed E-state index contributed by atoms with van der Waals surface area (Å²) in [6.07, 6.45) is 0.842. The first-order valence-electron chi connectivity index (χ1n) is 8.26. The zero-order chi connectivity index (χ0) is 18.7. The lowest BCUT2D eigenvalue weighted by Crippen LogP contribution is -2.36. The zero-order valence-corrected chi connectivity index (χ0v) is 15.1. The standard InChI is InChI=1S/C18H20FN3O3S/c1-12-2-7-16(10-17(12)18(23)21-15-8-9-20-11-15)26(24,25)22-14-5-3-13(19)4-6-14/h2-7,10,15,20,22H,8-9,11H2,1H3,(H,21,23). The number of benzene rings is 2. The van der Waals surface area contributed by atoms with Gasteiger partial charge in [-0.25, -0.2) is 12.8 Å². The van der Waals surface area contributed by atoms with E-state index in [2.05, 4.69) is 15.4 Å². The van der Waals surface area contributed by atoms with Crippen molar-refractivity contribution in [3.05, 3.63) is 59.4 Å². The van der Waals surface area contributed by atoms with Crippen molar-refractivity contribution in [1.82, 2.24) is 10.6 Å². The highest BCUT2D eigenvalue weighted by molar-refractivity contribution is 7.92. The van der Waals surface area contributed by atoms with E-state index in [4.69, 9.17) is 0 Å². The maximum Gasteiger partial charge on any atom is 0.261 e. The Kier molecular flexibility index (Phi) is 5.24. The smallest absolute Gasteiger partial charge is 0.261 e. The van der Waals surface area contributed by atoms with E-state index in [0.29, 0.717) is 17.7 Å². The van der Waals surface area contributed by atoms with Crippen LogP contribution in [0.2, 0.25) is 0 Å². The molecule has 1 amide bonds. The van der Waals surface area contributed by atoms with Crippen molar-refractivity contribution in [2.24, 2.45) is 0 Å². The second-order valence-corrected chi connectivity index (χ2v) is 7.93. The Labute approximate surface area is 151 Å². The Morgan fingerprint density at radius 2 is 1.92 bits per heavy atom.